The van der Waals surface area contributed by atoms with Crippen molar-refractivity contribution in [2.75, 3.05) is 26.8 Å². The molecule has 0 aromatic carbocycles. The van der Waals surface area contributed by atoms with Gasteiger partial charge in [-0.15, -0.1) is 0 Å². The van der Waals surface area contributed by atoms with E-state index in [-0.39, 0.29) is 11.8 Å². The first-order chi connectivity index (χ1) is 10.3. The number of carbonyl (C=O) groups excluding carboxylic acids is 1. The van der Waals surface area contributed by atoms with Gasteiger partial charge < -0.3 is 14.2 Å². The van der Waals surface area contributed by atoms with Crippen LogP contribution in [0.5, 0.6) is 0 Å². The van der Waals surface area contributed by atoms with Crippen molar-refractivity contribution in [3.05, 3.63) is 41.8 Å². The van der Waals surface area contributed by atoms with Gasteiger partial charge in [-0.3, -0.25) is 9.78 Å². The number of amides is 1. The number of likely N-dealkylation sites (tertiary alicyclic amines) is 1. The fourth-order valence-electron chi connectivity index (χ4n) is 2.20. The van der Waals surface area contributed by atoms with E-state index in [0.29, 0.717) is 43.4 Å². The van der Waals surface area contributed by atoms with Gasteiger partial charge in [-0.05, 0) is 12.1 Å². The van der Waals surface area contributed by atoms with Crippen molar-refractivity contribution in [1.82, 2.24) is 20.0 Å². The van der Waals surface area contributed by atoms with Crippen LogP contribution in [0.2, 0.25) is 0 Å². The highest BCUT2D eigenvalue weighted by atomic mass is 16.5. The molecule has 3 rings (SSSR count). The molecule has 1 aliphatic heterocycles. The minimum Gasteiger partial charge on any atom is -0.384 e. The summed E-state index contributed by atoms with van der Waals surface area (Å²) in [6.07, 6.45) is 3.85. The van der Waals surface area contributed by atoms with Crippen LogP contribution in [0.15, 0.2) is 29.0 Å². The summed E-state index contributed by atoms with van der Waals surface area (Å²) in [7, 11) is 1.63. The second-order valence-corrected chi connectivity index (χ2v) is 4.94. The van der Waals surface area contributed by atoms with Crippen molar-refractivity contribution < 1.29 is 14.1 Å². The van der Waals surface area contributed by atoms with E-state index in [4.69, 9.17) is 9.26 Å². The number of pyridine rings is 1. The minimum absolute atomic E-state index is 0.0153. The molecule has 1 amide bonds. The monoisotopic (exact) mass is 288 g/mol. The van der Waals surface area contributed by atoms with Crippen LogP contribution in [0.3, 0.4) is 0 Å². The maximum Gasteiger partial charge on any atom is 0.255 e. The summed E-state index contributed by atoms with van der Waals surface area (Å²) in [4.78, 5) is 22.2. The molecule has 7 nitrogen and oxygen atoms in total. The summed E-state index contributed by atoms with van der Waals surface area (Å²) in [5.74, 6) is 1.34. The normalized spacial score (nSPS) is 15.0. The number of rotatable bonds is 5. The van der Waals surface area contributed by atoms with E-state index >= 15 is 0 Å². The smallest absolute Gasteiger partial charge is 0.255 e. The lowest BCUT2D eigenvalue weighted by Gasteiger charge is -2.37. The van der Waals surface area contributed by atoms with Gasteiger partial charge in [0, 0.05) is 39.0 Å². The summed E-state index contributed by atoms with van der Waals surface area (Å²) in [5.41, 5.74) is 0.599. The van der Waals surface area contributed by atoms with Gasteiger partial charge in [-0.25, -0.2) is 0 Å². The van der Waals surface area contributed by atoms with E-state index in [2.05, 4.69) is 15.1 Å². The van der Waals surface area contributed by atoms with Gasteiger partial charge in [0.1, 0.15) is 0 Å². The Labute approximate surface area is 121 Å². The van der Waals surface area contributed by atoms with Crippen molar-refractivity contribution >= 4 is 5.91 Å². The largest absolute Gasteiger partial charge is 0.384 e. The summed E-state index contributed by atoms with van der Waals surface area (Å²) in [6.45, 7) is 1.76. The molecular weight excluding hydrogens is 272 g/mol. The van der Waals surface area contributed by atoms with E-state index in [1.807, 2.05) is 0 Å². The molecule has 2 aromatic rings. The fraction of sp³-hybridized carbons (Fsp3) is 0.429. The SMILES string of the molecule is COCCc1noc(C2CN(C(=O)c3cccnc3)C2)n1. The Bertz CT molecular complexity index is 608. The zero-order chi connectivity index (χ0) is 14.7. The zero-order valence-corrected chi connectivity index (χ0v) is 11.7. The molecule has 0 N–H and O–H groups in total. The van der Waals surface area contributed by atoms with Crippen LogP contribution in [-0.2, 0) is 11.2 Å². The molecule has 0 unspecified atom stereocenters. The molecule has 2 aromatic heterocycles. The van der Waals surface area contributed by atoms with Crippen molar-refractivity contribution in [3.8, 4) is 0 Å². The number of ether oxygens (including phenoxy) is 1. The predicted octanol–water partition coefficient (Wildman–Crippen LogP) is 0.893. The average molecular weight is 288 g/mol. The number of methoxy groups -OCH3 is 1. The Hall–Kier alpha value is -2.28. The highest BCUT2D eigenvalue weighted by molar-refractivity contribution is 5.94. The van der Waals surface area contributed by atoms with Crippen LogP contribution in [0.1, 0.15) is 28.0 Å². The molecule has 1 saturated heterocycles. The molecule has 1 fully saturated rings. The van der Waals surface area contributed by atoms with Gasteiger partial charge in [0.15, 0.2) is 5.82 Å². The Morgan fingerprint density at radius 3 is 3.10 bits per heavy atom. The summed E-state index contributed by atoms with van der Waals surface area (Å²) >= 11 is 0. The Balaban J connectivity index is 1.56. The van der Waals surface area contributed by atoms with Gasteiger partial charge in [0.05, 0.1) is 18.1 Å². The lowest BCUT2D eigenvalue weighted by molar-refractivity contribution is 0.0569. The van der Waals surface area contributed by atoms with Gasteiger partial charge in [0.25, 0.3) is 5.91 Å². The lowest BCUT2D eigenvalue weighted by atomic mass is 9.99. The van der Waals surface area contributed by atoms with Crippen molar-refractivity contribution in [2.45, 2.75) is 12.3 Å². The predicted molar refractivity (Wildman–Crippen MR) is 72.8 cm³/mol. The molecule has 0 aliphatic carbocycles. The van der Waals surface area contributed by atoms with Crippen molar-refractivity contribution in [3.63, 3.8) is 0 Å². The average Bonchev–Trinajstić information content (AvgIpc) is 2.93. The molecule has 3 heterocycles. The van der Waals surface area contributed by atoms with E-state index in [1.54, 1.807) is 36.5 Å². The Morgan fingerprint density at radius 2 is 2.38 bits per heavy atom. The number of aromatic nitrogens is 3. The van der Waals surface area contributed by atoms with E-state index in [9.17, 15) is 4.79 Å². The second kappa shape index (κ2) is 6.01. The fourth-order valence-corrected chi connectivity index (χ4v) is 2.20. The van der Waals surface area contributed by atoms with Gasteiger partial charge in [-0.2, -0.15) is 4.98 Å². The topological polar surface area (TPSA) is 81.4 Å². The van der Waals surface area contributed by atoms with E-state index in [0.717, 1.165) is 0 Å². The molecule has 1 aliphatic rings. The summed E-state index contributed by atoms with van der Waals surface area (Å²) in [6, 6.07) is 3.52. The Kier molecular flexibility index (Phi) is 3.92. The Morgan fingerprint density at radius 1 is 1.52 bits per heavy atom. The molecule has 0 radical (unpaired) electrons. The first-order valence-electron chi connectivity index (χ1n) is 6.78. The minimum atomic E-state index is -0.0153. The third kappa shape index (κ3) is 2.92. The summed E-state index contributed by atoms with van der Waals surface area (Å²) in [5, 5.41) is 3.91. The number of nitrogens with zero attached hydrogens (tertiary/aromatic N) is 4. The quantitative estimate of drug-likeness (QED) is 0.813. The maximum absolute atomic E-state index is 12.2. The van der Waals surface area contributed by atoms with Crippen LogP contribution in [0.25, 0.3) is 0 Å². The standard InChI is InChI=1S/C14H16N4O3/c1-20-6-4-12-16-13(21-17-12)11-8-18(9-11)14(19)10-3-2-5-15-7-10/h2-3,5,7,11H,4,6,8-9H2,1H3. The first kappa shape index (κ1) is 13.7. The highest BCUT2D eigenvalue weighted by Gasteiger charge is 2.35. The second-order valence-electron chi connectivity index (χ2n) is 4.94. The van der Waals surface area contributed by atoms with Gasteiger partial charge in [-0.1, -0.05) is 5.16 Å². The van der Waals surface area contributed by atoms with Crippen LogP contribution < -0.4 is 0 Å². The maximum atomic E-state index is 12.2. The highest BCUT2D eigenvalue weighted by Crippen LogP contribution is 2.27. The van der Waals surface area contributed by atoms with Crippen LogP contribution in [0, 0.1) is 0 Å². The molecule has 110 valence electrons. The van der Waals surface area contributed by atoms with E-state index in [1.165, 1.54) is 0 Å². The molecular formula is C14H16N4O3. The van der Waals surface area contributed by atoms with E-state index < -0.39 is 0 Å². The third-order valence-electron chi connectivity index (χ3n) is 3.44. The lowest BCUT2D eigenvalue weighted by Crippen LogP contribution is -2.48. The number of carbonyl (C=O) groups is 1. The van der Waals surface area contributed by atoms with Crippen LogP contribution in [-0.4, -0.2) is 52.7 Å². The number of hydrogen-bond acceptors (Lipinski definition) is 6. The van der Waals surface area contributed by atoms with Gasteiger partial charge >= 0.3 is 0 Å². The van der Waals surface area contributed by atoms with Crippen molar-refractivity contribution in [2.24, 2.45) is 0 Å². The molecule has 0 bridgehead atoms. The van der Waals surface area contributed by atoms with Gasteiger partial charge in [0.2, 0.25) is 5.89 Å². The molecule has 0 spiro atoms. The first-order valence-corrected chi connectivity index (χ1v) is 6.78. The molecule has 0 atom stereocenters. The van der Waals surface area contributed by atoms with Crippen LogP contribution in [0.4, 0.5) is 0 Å². The molecule has 21 heavy (non-hydrogen) atoms. The van der Waals surface area contributed by atoms with Crippen LogP contribution >= 0.6 is 0 Å². The van der Waals surface area contributed by atoms with Crippen molar-refractivity contribution in [1.29, 1.82) is 0 Å². The zero-order valence-electron chi connectivity index (χ0n) is 11.7. The summed E-state index contributed by atoms with van der Waals surface area (Å²) < 4.78 is 10.2. The number of hydrogen-bond donors (Lipinski definition) is 0. The molecule has 0 saturated carbocycles. The third-order valence-corrected chi connectivity index (χ3v) is 3.44. The molecule has 7 heteroatoms.